The minimum atomic E-state index is -3.69. The van der Waals surface area contributed by atoms with Gasteiger partial charge in [0.1, 0.15) is 0 Å². The number of hydrogen-bond acceptors (Lipinski definition) is 4. The number of azide groups is 1. The second kappa shape index (κ2) is 6.18. The Balaban J connectivity index is 2.24. The van der Waals surface area contributed by atoms with Gasteiger partial charge in [-0.15, -0.1) is 0 Å². The fourth-order valence-corrected chi connectivity index (χ4v) is 2.27. The molecule has 0 aliphatic carbocycles. The molecule has 0 fully saturated rings. The lowest BCUT2D eigenvalue weighted by molar-refractivity contribution is -0.123. The Bertz CT molecular complexity index is 531. The summed E-state index contributed by atoms with van der Waals surface area (Å²) < 4.78 is 24.7. The van der Waals surface area contributed by atoms with E-state index in [1.807, 2.05) is 0 Å². The average Bonchev–Trinajstić information content (AvgIpc) is 2.56. The van der Waals surface area contributed by atoms with E-state index in [-0.39, 0.29) is 11.7 Å². The highest BCUT2D eigenvalue weighted by Gasteiger charge is 2.19. The number of rotatable bonds is 7. The molecule has 0 unspecified atom stereocenters. The zero-order chi connectivity index (χ0) is 13.6. The largest absolute Gasteiger partial charge is 0.289 e. The lowest BCUT2D eigenvalue weighted by Gasteiger charge is -2.00. The number of carbonyl (C=O) groups excluding carboxylic acids is 2. The zero-order valence-corrected chi connectivity index (χ0v) is 10.3. The summed E-state index contributed by atoms with van der Waals surface area (Å²) in [6.07, 6.45) is 3.19. The summed E-state index contributed by atoms with van der Waals surface area (Å²) in [5.41, 5.74) is 8.41. The highest BCUT2D eigenvalue weighted by Crippen LogP contribution is 2.13. The van der Waals surface area contributed by atoms with Crippen molar-refractivity contribution < 1.29 is 18.0 Å². The topological polar surface area (TPSA) is 129 Å². The van der Waals surface area contributed by atoms with E-state index in [1.54, 1.807) is 0 Å². The maximum Gasteiger partial charge on any atom is 0.254 e. The van der Waals surface area contributed by atoms with E-state index in [0.29, 0.717) is 31.3 Å². The summed E-state index contributed by atoms with van der Waals surface area (Å²) in [5, 5.41) is 2.13. The first-order chi connectivity index (χ1) is 8.44. The number of unbranched alkanes of at least 4 members (excludes halogenated alkanes) is 2. The molecular weight excluding hydrogens is 260 g/mol. The monoisotopic (exact) mass is 272 g/mol. The minimum Gasteiger partial charge on any atom is -0.289 e. The van der Waals surface area contributed by atoms with E-state index in [4.69, 9.17) is 5.53 Å². The van der Waals surface area contributed by atoms with Gasteiger partial charge in [0.05, 0.1) is 5.75 Å². The second-order valence-corrected chi connectivity index (χ2v) is 5.49. The van der Waals surface area contributed by atoms with Crippen molar-refractivity contribution in [2.75, 3.05) is 5.75 Å². The molecule has 0 aromatic heterocycles. The fourth-order valence-electron chi connectivity index (χ4n) is 1.51. The molecule has 1 aliphatic rings. The van der Waals surface area contributed by atoms with Crippen molar-refractivity contribution in [3.63, 3.8) is 0 Å². The molecule has 0 aromatic rings. The molecule has 18 heavy (non-hydrogen) atoms. The van der Waals surface area contributed by atoms with Crippen molar-refractivity contribution in [1.29, 1.82) is 0 Å². The van der Waals surface area contributed by atoms with Crippen LogP contribution in [0.25, 0.3) is 10.4 Å². The molecule has 98 valence electrons. The van der Waals surface area contributed by atoms with Crippen molar-refractivity contribution in [3.8, 4) is 0 Å². The maximum atomic E-state index is 11.1. The number of nitrogens with zero attached hydrogens (tertiary/aromatic N) is 3. The average molecular weight is 272 g/mol. The van der Waals surface area contributed by atoms with Crippen LogP contribution in [0.2, 0.25) is 0 Å². The van der Waals surface area contributed by atoms with Crippen LogP contribution in [0.5, 0.6) is 0 Å². The van der Waals surface area contributed by atoms with Crippen LogP contribution in [0, 0.1) is 0 Å². The lowest BCUT2D eigenvalue weighted by atomic mass is 10.1. The summed E-state index contributed by atoms with van der Waals surface area (Å²) in [7, 11) is -3.69. The molecule has 8 nitrogen and oxygen atoms in total. The van der Waals surface area contributed by atoms with E-state index < -0.39 is 15.9 Å². The number of hydrogen-bond donors (Lipinski definition) is 1. The minimum absolute atomic E-state index is 0.207. The Morgan fingerprint density at radius 1 is 1.28 bits per heavy atom. The van der Waals surface area contributed by atoms with Crippen LogP contribution in [-0.2, 0) is 19.6 Å². The molecule has 1 heterocycles. The van der Waals surface area contributed by atoms with Crippen molar-refractivity contribution in [1.82, 2.24) is 5.32 Å². The molecule has 0 bridgehead atoms. The van der Waals surface area contributed by atoms with Crippen LogP contribution >= 0.6 is 0 Å². The number of sulfonamides is 1. The van der Waals surface area contributed by atoms with Gasteiger partial charge in [-0.1, -0.05) is 6.42 Å². The predicted octanol–water partition coefficient (Wildman–Crippen LogP) is 0.770. The second-order valence-electron chi connectivity index (χ2n) is 3.76. The van der Waals surface area contributed by atoms with Gasteiger partial charge in [-0.2, -0.15) is 0 Å². The molecule has 1 N–H and O–H groups in total. The van der Waals surface area contributed by atoms with Crippen LogP contribution in [0.15, 0.2) is 16.2 Å². The van der Waals surface area contributed by atoms with Gasteiger partial charge in [0.15, 0.2) is 0 Å². The summed E-state index contributed by atoms with van der Waals surface area (Å²) >= 11 is 0. The van der Waals surface area contributed by atoms with Gasteiger partial charge in [-0.05, 0) is 24.8 Å². The highest BCUT2D eigenvalue weighted by molar-refractivity contribution is 7.89. The molecule has 0 saturated heterocycles. The molecule has 0 atom stereocenters. The molecular formula is C9H12N4O4S. The van der Waals surface area contributed by atoms with Gasteiger partial charge in [0.2, 0.25) is 10.0 Å². The standard InChI is InChI=1S/C9H12N4O4S/c10-12-13-18(16,17)5-3-1-2-4-7-6-8(14)11-9(7)15/h6H,1-5H2,(H,11,14,15). The van der Waals surface area contributed by atoms with Gasteiger partial charge in [-0.3, -0.25) is 14.9 Å². The van der Waals surface area contributed by atoms with E-state index >= 15 is 0 Å². The fraction of sp³-hybridized carbons (Fsp3) is 0.556. The summed E-state index contributed by atoms with van der Waals surface area (Å²) in [6.45, 7) is 0. The molecule has 0 radical (unpaired) electrons. The number of carbonyl (C=O) groups is 2. The quantitative estimate of drug-likeness (QED) is 0.241. The van der Waals surface area contributed by atoms with Crippen molar-refractivity contribution in [2.45, 2.75) is 25.7 Å². The van der Waals surface area contributed by atoms with Gasteiger partial charge < -0.3 is 0 Å². The lowest BCUT2D eigenvalue weighted by Crippen LogP contribution is -2.22. The van der Waals surface area contributed by atoms with E-state index in [1.165, 1.54) is 6.08 Å². The van der Waals surface area contributed by atoms with Gasteiger partial charge in [0.25, 0.3) is 11.8 Å². The Kier molecular flexibility index (Phi) is 4.87. The molecule has 1 aliphatic heterocycles. The van der Waals surface area contributed by atoms with Crippen LogP contribution in [0.4, 0.5) is 0 Å². The Labute approximate surface area is 104 Å². The predicted molar refractivity (Wildman–Crippen MR) is 62.6 cm³/mol. The molecule has 0 aromatic carbocycles. The third-order valence-corrected chi connectivity index (χ3v) is 3.47. The molecule has 1 rings (SSSR count). The SMILES string of the molecule is [N-]=[N+]=NS(=O)(=O)CCCCCC1=CC(=O)NC1=O. The van der Waals surface area contributed by atoms with Gasteiger partial charge in [-0.25, -0.2) is 8.42 Å². The number of imide groups is 1. The van der Waals surface area contributed by atoms with Gasteiger partial charge >= 0.3 is 0 Å². The Morgan fingerprint density at radius 2 is 2.00 bits per heavy atom. The van der Waals surface area contributed by atoms with Crippen molar-refractivity contribution in [3.05, 3.63) is 22.1 Å². The van der Waals surface area contributed by atoms with Crippen LogP contribution < -0.4 is 5.32 Å². The first-order valence-corrected chi connectivity index (χ1v) is 6.90. The summed E-state index contributed by atoms with van der Waals surface area (Å²) in [4.78, 5) is 24.2. The normalized spacial score (nSPS) is 15.0. The van der Waals surface area contributed by atoms with Crippen molar-refractivity contribution in [2.24, 2.45) is 4.52 Å². The molecule has 0 saturated carbocycles. The van der Waals surface area contributed by atoms with E-state index in [9.17, 15) is 18.0 Å². The highest BCUT2D eigenvalue weighted by atomic mass is 32.2. The molecule has 2 amide bonds. The Morgan fingerprint density at radius 3 is 2.56 bits per heavy atom. The van der Waals surface area contributed by atoms with E-state index in [2.05, 4.69) is 14.7 Å². The maximum absolute atomic E-state index is 11.1. The zero-order valence-electron chi connectivity index (χ0n) is 9.50. The number of amides is 2. The van der Waals surface area contributed by atoms with Crippen LogP contribution in [0.1, 0.15) is 25.7 Å². The summed E-state index contributed by atoms with van der Waals surface area (Å²) in [5.74, 6) is -1.01. The first kappa shape index (κ1) is 14.2. The van der Waals surface area contributed by atoms with Crippen LogP contribution in [-0.4, -0.2) is 26.0 Å². The third kappa shape index (κ3) is 4.56. The van der Waals surface area contributed by atoms with Crippen LogP contribution in [0.3, 0.4) is 0 Å². The smallest absolute Gasteiger partial charge is 0.254 e. The van der Waals surface area contributed by atoms with E-state index in [0.717, 1.165) is 0 Å². The van der Waals surface area contributed by atoms with Gasteiger partial charge in [0, 0.05) is 21.1 Å². The molecule has 0 spiro atoms. The summed E-state index contributed by atoms with van der Waals surface area (Å²) in [6, 6.07) is 0. The Hall–Kier alpha value is -1.86. The number of nitrogens with one attached hydrogen (secondary N) is 1. The van der Waals surface area contributed by atoms with Crippen molar-refractivity contribution >= 4 is 21.8 Å². The third-order valence-electron chi connectivity index (χ3n) is 2.34. The first-order valence-electron chi connectivity index (χ1n) is 5.29. The molecule has 9 heteroatoms.